The number of fused-ring (bicyclic) bond motifs is 1. The molecule has 0 fully saturated rings. The quantitative estimate of drug-likeness (QED) is 0.532. The highest BCUT2D eigenvalue weighted by Crippen LogP contribution is 2.27. The Labute approximate surface area is 157 Å². The second-order valence-corrected chi connectivity index (χ2v) is 6.90. The fourth-order valence-corrected chi connectivity index (χ4v) is 3.26. The summed E-state index contributed by atoms with van der Waals surface area (Å²) in [5, 5.41) is 8.81. The topological polar surface area (TPSA) is 49.8 Å². The molecule has 0 aliphatic heterocycles. The molecule has 0 aliphatic carbocycles. The fraction of sp³-hybridized carbons (Fsp3) is 0.263. The van der Waals surface area contributed by atoms with E-state index in [1.807, 2.05) is 24.3 Å². The van der Waals surface area contributed by atoms with E-state index in [4.69, 9.17) is 23.2 Å². The SMILES string of the molecule is CCCC(C)Nc1nc(Nc2cc(Cl)cc(Cl)c2)nc2ccccc12. The fourth-order valence-electron chi connectivity index (χ4n) is 2.74. The van der Waals surface area contributed by atoms with E-state index < -0.39 is 0 Å². The van der Waals surface area contributed by atoms with Crippen LogP contribution in [0.3, 0.4) is 0 Å². The maximum atomic E-state index is 6.07. The summed E-state index contributed by atoms with van der Waals surface area (Å²) in [5.74, 6) is 1.32. The number of halogens is 2. The van der Waals surface area contributed by atoms with E-state index in [1.54, 1.807) is 18.2 Å². The molecule has 25 heavy (non-hydrogen) atoms. The lowest BCUT2D eigenvalue weighted by molar-refractivity contribution is 0.688. The molecule has 130 valence electrons. The van der Waals surface area contributed by atoms with Crippen molar-refractivity contribution in [2.45, 2.75) is 32.7 Å². The van der Waals surface area contributed by atoms with Gasteiger partial charge in [-0.25, -0.2) is 4.98 Å². The zero-order chi connectivity index (χ0) is 17.8. The summed E-state index contributed by atoms with van der Waals surface area (Å²) in [6, 6.07) is 13.6. The van der Waals surface area contributed by atoms with E-state index in [2.05, 4.69) is 34.4 Å². The summed E-state index contributed by atoms with van der Waals surface area (Å²) >= 11 is 12.1. The molecule has 1 unspecified atom stereocenters. The molecule has 0 saturated heterocycles. The van der Waals surface area contributed by atoms with Crippen LogP contribution in [0.25, 0.3) is 10.9 Å². The predicted octanol–water partition coefficient (Wildman–Crippen LogP) is 6.28. The van der Waals surface area contributed by atoms with Crippen molar-refractivity contribution < 1.29 is 0 Å². The second kappa shape index (κ2) is 7.89. The third-order valence-corrected chi connectivity index (χ3v) is 4.26. The summed E-state index contributed by atoms with van der Waals surface area (Å²) in [6.07, 6.45) is 2.19. The Kier molecular flexibility index (Phi) is 5.61. The number of nitrogens with one attached hydrogen (secondary N) is 2. The van der Waals surface area contributed by atoms with Crippen molar-refractivity contribution >= 4 is 51.6 Å². The van der Waals surface area contributed by atoms with E-state index in [1.165, 1.54) is 0 Å². The lowest BCUT2D eigenvalue weighted by Gasteiger charge is -2.16. The molecule has 6 heteroatoms. The lowest BCUT2D eigenvalue weighted by Crippen LogP contribution is -2.16. The maximum Gasteiger partial charge on any atom is 0.229 e. The van der Waals surface area contributed by atoms with Crippen LogP contribution in [0.15, 0.2) is 42.5 Å². The van der Waals surface area contributed by atoms with E-state index in [-0.39, 0.29) is 0 Å². The Morgan fingerprint density at radius 2 is 1.76 bits per heavy atom. The molecular weight excluding hydrogens is 355 g/mol. The molecule has 0 radical (unpaired) electrons. The minimum Gasteiger partial charge on any atom is -0.367 e. The molecule has 0 spiro atoms. The van der Waals surface area contributed by atoms with Gasteiger partial charge in [0.15, 0.2) is 0 Å². The van der Waals surface area contributed by atoms with Gasteiger partial charge in [0.1, 0.15) is 5.82 Å². The van der Waals surface area contributed by atoms with Crippen molar-refractivity contribution in [2.75, 3.05) is 10.6 Å². The number of benzene rings is 2. The van der Waals surface area contributed by atoms with Crippen LogP contribution in [0.4, 0.5) is 17.5 Å². The molecular formula is C19H20Cl2N4. The Morgan fingerprint density at radius 3 is 2.48 bits per heavy atom. The van der Waals surface area contributed by atoms with Crippen molar-refractivity contribution in [1.82, 2.24) is 9.97 Å². The Hall–Kier alpha value is -2.04. The second-order valence-electron chi connectivity index (χ2n) is 6.03. The van der Waals surface area contributed by atoms with Gasteiger partial charge in [0.2, 0.25) is 5.95 Å². The Morgan fingerprint density at radius 1 is 1.04 bits per heavy atom. The zero-order valence-corrected chi connectivity index (χ0v) is 15.7. The van der Waals surface area contributed by atoms with Gasteiger partial charge in [-0.2, -0.15) is 4.98 Å². The molecule has 1 aromatic heterocycles. The number of para-hydroxylation sites is 1. The van der Waals surface area contributed by atoms with Gasteiger partial charge in [-0.1, -0.05) is 48.7 Å². The molecule has 4 nitrogen and oxygen atoms in total. The van der Waals surface area contributed by atoms with Crippen molar-refractivity contribution in [3.05, 3.63) is 52.5 Å². The van der Waals surface area contributed by atoms with Gasteiger partial charge in [0.25, 0.3) is 0 Å². The van der Waals surface area contributed by atoms with Crippen LogP contribution in [0.2, 0.25) is 10.0 Å². The minimum absolute atomic E-state index is 0.330. The summed E-state index contributed by atoms with van der Waals surface area (Å²) in [6.45, 7) is 4.33. The number of rotatable bonds is 6. The monoisotopic (exact) mass is 374 g/mol. The third-order valence-electron chi connectivity index (χ3n) is 3.83. The van der Waals surface area contributed by atoms with Crippen LogP contribution in [0.1, 0.15) is 26.7 Å². The van der Waals surface area contributed by atoms with Gasteiger partial charge in [0, 0.05) is 27.2 Å². The van der Waals surface area contributed by atoms with Crippen LogP contribution >= 0.6 is 23.2 Å². The summed E-state index contributed by atoms with van der Waals surface area (Å²) in [4.78, 5) is 9.25. The molecule has 0 bridgehead atoms. The highest BCUT2D eigenvalue weighted by atomic mass is 35.5. The van der Waals surface area contributed by atoms with Crippen LogP contribution in [0, 0.1) is 0 Å². The van der Waals surface area contributed by atoms with Crippen LogP contribution in [0.5, 0.6) is 0 Å². The van der Waals surface area contributed by atoms with Crippen LogP contribution in [-0.2, 0) is 0 Å². The average molecular weight is 375 g/mol. The molecule has 3 rings (SSSR count). The Balaban J connectivity index is 1.97. The average Bonchev–Trinajstić information content (AvgIpc) is 2.54. The van der Waals surface area contributed by atoms with Crippen LogP contribution < -0.4 is 10.6 Å². The zero-order valence-electron chi connectivity index (χ0n) is 14.2. The highest BCUT2D eigenvalue weighted by Gasteiger charge is 2.10. The predicted molar refractivity (Wildman–Crippen MR) is 107 cm³/mol. The molecule has 0 amide bonds. The van der Waals surface area contributed by atoms with Crippen molar-refractivity contribution in [1.29, 1.82) is 0 Å². The molecule has 2 N–H and O–H groups in total. The van der Waals surface area contributed by atoms with Gasteiger partial charge in [-0.15, -0.1) is 0 Å². The van der Waals surface area contributed by atoms with Gasteiger partial charge in [0.05, 0.1) is 5.52 Å². The smallest absolute Gasteiger partial charge is 0.229 e. The van der Waals surface area contributed by atoms with Gasteiger partial charge < -0.3 is 10.6 Å². The van der Waals surface area contributed by atoms with Crippen molar-refractivity contribution in [3.63, 3.8) is 0 Å². The van der Waals surface area contributed by atoms with Gasteiger partial charge >= 0.3 is 0 Å². The number of hydrogen-bond donors (Lipinski definition) is 2. The molecule has 0 aliphatic rings. The molecule has 0 saturated carbocycles. The third kappa shape index (κ3) is 4.53. The molecule has 2 aromatic carbocycles. The maximum absolute atomic E-state index is 6.07. The first-order valence-electron chi connectivity index (χ1n) is 8.31. The number of hydrogen-bond acceptors (Lipinski definition) is 4. The Bertz CT molecular complexity index is 862. The van der Waals surface area contributed by atoms with Crippen LogP contribution in [-0.4, -0.2) is 16.0 Å². The van der Waals surface area contributed by atoms with E-state index in [0.29, 0.717) is 22.0 Å². The van der Waals surface area contributed by atoms with Crippen molar-refractivity contribution in [2.24, 2.45) is 0 Å². The molecule has 1 heterocycles. The molecule has 1 atom stereocenters. The summed E-state index contributed by atoms with van der Waals surface area (Å²) in [7, 11) is 0. The number of aromatic nitrogens is 2. The number of anilines is 3. The first kappa shape index (κ1) is 17.8. The van der Waals surface area contributed by atoms with Gasteiger partial charge in [-0.05, 0) is 43.7 Å². The number of nitrogens with zero attached hydrogens (tertiary/aromatic N) is 2. The van der Waals surface area contributed by atoms with E-state index in [9.17, 15) is 0 Å². The normalized spacial score (nSPS) is 12.2. The minimum atomic E-state index is 0.330. The standard InChI is InChI=1S/C19H20Cl2N4/c1-3-6-12(2)22-18-16-7-4-5-8-17(16)24-19(25-18)23-15-10-13(20)9-14(21)11-15/h4-5,7-12H,3,6H2,1-2H3,(H2,22,23,24,25). The first-order chi connectivity index (χ1) is 12.0. The van der Waals surface area contributed by atoms with E-state index in [0.717, 1.165) is 35.2 Å². The van der Waals surface area contributed by atoms with Gasteiger partial charge in [-0.3, -0.25) is 0 Å². The summed E-state index contributed by atoms with van der Waals surface area (Å²) < 4.78 is 0. The first-order valence-corrected chi connectivity index (χ1v) is 9.07. The lowest BCUT2D eigenvalue weighted by atomic mass is 10.2. The largest absolute Gasteiger partial charge is 0.367 e. The van der Waals surface area contributed by atoms with Crippen molar-refractivity contribution in [3.8, 4) is 0 Å². The molecule has 3 aromatic rings. The summed E-state index contributed by atoms with van der Waals surface area (Å²) in [5.41, 5.74) is 1.62. The van der Waals surface area contributed by atoms with E-state index >= 15 is 0 Å². The highest BCUT2D eigenvalue weighted by molar-refractivity contribution is 6.35.